The minimum atomic E-state index is -0.0839. The number of hydrogen-bond donors (Lipinski definition) is 2. The third-order valence-electron chi connectivity index (χ3n) is 3.49. The lowest BCUT2D eigenvalue weighted by Gasteiger charge is -2.19. The zero-order valence-corrected chi connectivity index (χ0v) is 12.0. The Morgan fingerprint density at radius 1 is 1.50 bits per heavy atom. The molecule has 2 N–H and O–H groups in total. The molecule has 2 atom stereocenters. The number of benzene rings is 1. The fourth-order valence-electron chi connectivity index (χ4n) is 2.32. The Hall–Kier alpha value is -1.59. The minimum absolute atomic E-state index is 0.0839. The Labute approximate surface area is 119 Å². The normalized spacial score (nSPS) is 19.6. The summed E-state index contributed by atoms with van der Waals surface area (Å²) in [6.45, 7) is 3.13. The van der Waals surface area contributed by atoms with Gasteiger partial charge in [-0.15, -0.1) is 0 Å². The zero-order valence-electron chi connectivity index (χ0n) is 12.0. The van der Waals surface area contributed by atoms with E-state index < -0.39 is 0 Å². The highest BCUT2D eigenvalue weighted by molar-refractivity contribution is 5.93. The number of para-hydroxylation sites is 2. The maximum Gasteiger partial charge on any atom is 0.238 e. The van der Waals surface area contributed by atoms with Crippen molar-refractivity contribution in [2.75, 3.05) is 25.6 Å². The first kappa shape index (κ1) is 14.8. The molecule has 1 heterocycles. The number of ether oxygens (including phenoxy) is 2. The summed E-state index contributed by atoms with van der Waals surface area (Å²) < 4.78 is 10.8. The number of carbonyl (C=O) groups is 1. The first-order valence-corrected chi connectivity index (χ1v) is 6.98. The molecule has 0 spiro atoms. The predicted molar refractivity (Wildman–Crippen MR) is 78.1 cm³/mol. The second kappa shape index (κ2) is 7.26. The summed E-state index contributed by atoms with van der Waals surface area (Å²) >= 11 is 0. The Kier molecular flexibility index (Phi) is 5.38. The van der Waals surface area contributed by atoms with E-state index in [0.717, 1.165) is 19.4 Å². The van der Waals surface area contributed by atoms with Gasteiger partial charge in [0, 0.05) is 12.6 Å². The Bertz CT molecular complexity index is 444. The van der Waals surface area contributed by atoms with Crippen molar-refractivity contribution >= 4 is 11.6 Å². The SMILES string of the molecule is COc1ccccc1NC(=O)CNC(C)C1CCCO1. The number of methoxy groups -OCH3 is 1. The lowest BCUT2D eigenvalue weighted by Crippen LogP contribution is -2.41. The van der Waals surface area contributed by atoms with Gasteiger partial charge in [0.15, 0.2) is 0 Å². The van der Waals surface area contributed by atoms with E-state index in [-0.39, 0.29) is 24.6 Å². The van der Waals surface area contributed by atoms with E-state index in [1.54, 1.807) is 7.11 Å². The van der Waals surface area contributed by atoms with E-state index in [0.29, 0.717) is 11.4 Å². The highest BCUT2D eigenvalue weighted by Gasteiger charge is 2.22. The average molecular weight is 278 g/mol. The molecular formula is C15H22N2O3. The van der Waals surface area contributed by atoms with Crippen molar-refractivity contribution in [3.63, 3.8) is 0 Å². The van der Waals surface area contributed by atoms with E-state index in [4.69, 9.17) is 9.47 Å². The lowest BCUT2D eigenvalue weighted by molar-refractivity contribution is -0.115. The van der Waals surface area contributed by atoms with Gasteiger partial charge in [0.1, 0.15) is 5.75 Å². The molecule has 110 valence electrons. The number of carbonyl (C=O) groups excluding carboxylic acids is 1. The summed E-state index contributed by atoms with van der Waals surface area (Å²) in [4.78, 5) is 11.9. The van der Waals surface area contributed by atoms with Gasteiger partial charge in [-0.25, -0.2) is 0 Å². The molecule has 5 heteroatoms. The highest BCUT2D eigenvalue weighted by atomic mass is 16.5. The molecule has 0 aliphatic carbocycles. The molecule has 20 heavy (non-hydrogen) atoms. The first-order chi connectivity index (χ1) is 9.70. The van der Waals surface area contributed by atoms with Crippen LogP contribution in [0.5, 0.6) is 5.75 Å². The molecule has 1 aliphatic heterocycles. The molecule has 0 saturated carbocycles. The standard InChI is InChI=1S/C15H22N2O3/c1-11(13-8-5-9-20-13)16-10-15(18)17-12-6-3-4-7-14(12)19-2/h3-4,6-7,11,13,16H,5,8-10H2,1-2H3,(H,17,18). The first-order valence-electron chi connectivity index (χ1n) is 6.98. The van der Waals surface area contributed by atoms with Gasteiger partial charge in [-0.2, -0.15) is 0 Å². The molecule has 1 aromatic carbocycles. The van der Waals surface area contributed by atoms with Crippen LogP contribution in [0.3, 0.4) is 0 Å². The fourth-order valence-corrected chi connectivity index (χ4v) is 2.32. The zero-order chi connectivity index (χ0) is 14.4. The van der Waals surface area contributed by atoms with Gasteiger partial charge in [-0.05, 0) is 31.9 Å². The summed E-state index contributed by atoms with van der Waals surface area (Å²) in [5.74, 6) is 0.576. The van der Waals surface area contributed by atoms with E-state index >= 15 is 0 Å². The van der Waals surface area contributed by atoms with Crippen molar-refractivity contribution in [1.82, 2.24) is 5.32 Å². The molecule has 1 fully saturated rings. The van der Waals surface area contributed by atoms with Crippen LogP contribution in [0.1, 0.15) is 19.8 Å². The Morgan fingerprint density at radius 3 is 3.00 bits per heavy atom. The van der Waals surface area contributed by atoms with Crippen LogP contribution >= 0.6 is 0 Å². The molecule has 1 saturated heterocycles. The molecule has 1 aliphatic rings. The summed E-state index contributed by atoms with van der Waals surface area (Å²) in [5.41, 5.74) is 0.687. The topological polar surface area (TPSA) is 59.6 Å². The Balaban J connectivity index is 1.80. The number of hydrogen-bond acceptors (Lipinski definition) is 4. The second-order valence-corrected chi connectivity index (χ2v) is 4.97. The van der Waals surface area contributed by atoms with Crippen molar-refractivity contribution in [1.29, 1.82) is 0 Å². The van der Waals surface area contributed by atoms with Gasteiger partial charge >= 0.3 is 0 Å². The lowest BCUT2D eigenvalue weighted by atomic mass is 10.1. The quantitative estimate of drug-likeness (QED) is 0.833. The van der Waals surface area contributed by atoms with Gasteiger partial charge in [0.05, 0.1) is 25.4 Å². The molecule has 0 bridgehead atoms. The third kappa shape index (κ3) is 3.95. The van der Waals surface area contributed by atoms with Crippen molar-refractivity contribution < 1.29 is 14.3 Å². The Morgan fingerprint density at radius 2 is 2.30 bits per heavy atom. The summed E-state index contributed by atoms with van der Waals surface area (Å²) in [7, 11) is 1.59. The van der Waals surface area contributed by atoms with E-state index in [2.05, 4.69) is 10.6 Å². The summed E-state index contributed by atoms with van der Waals surface area (Å²) in [6.07, 6.45) is 2.38. The molecule has 5 nitrogen and oxygen atoms in total. The van der Waals surface area contributed by atoms with Gasteiger partial charge < -0.3 is 20.1 Å². The summed E-state index contributed by atoms with van der Waals surface area (Å²) in [6, 6.07) is 7.55. The molecule has 1 amide bonds. The fraction of sp³-hybridized carbons (Fsp3) is 0.533. The van der Waals surface area contributed by atoms with Crippen LogP contribution in [0.15, 0.2) is 24.3 Å². The maximum absolute atomic E-state index is 11.9. The van der Waals surface area contributed by atoms with E-state index in [1.807, 2.05) is 31.2 Å². The van der Waals surface area contributed by atoms with E-state index in [1.165, 1.54) is 0 Å². The number of amides is 1. The smallest absolute Gasteiger partial charge is 0.238 e. The van der Waals surface area contributed by atoms with Crippen LogP contribution in [-0.4, -0.2) is 38.3 Å². The monoisotopic (exact) mass is 278 g/mol. The van der Waals surface area contributed by atoms with Gasteiger partial charge in [0.2, 0.25) is 5.91 Å². The average Bonchev–Trinajstić information content (AvgIpc) is 2.99. The number of nitrogens with one attached hydrogen (secondary N) is 2. The van der Waals surface area contributed by atoms with Crippen LogP contribution in [0.2, 0.25) is 0 Å². The predicted octanol–water partition coefficient (Wildman–Crippen LogP) is 1.79. The highest BCUT2D eigenvalue weighted by Crippen LogP contribution is 2.22. The molecule has 2 rings (SSSR count). The molecule has 2 unspecified atom stereocenters. The van der Waals surface area contributed by atoms with Gasteiger partial charge in [0.25, 0.3) is 0 Å². The van der Waals surface area contributed by atoms with Crippen LogP contribution in [0, 0.1) is 0 Å². The van der Waals surface area contributed by atoms with Crippen molar-refractivity contribution in [3.8, 4) is 5.75 Å². The maximum atomic E-state index is 11.9. The van der Waals surface area contributed by atoms with Gasteiger partial charge in [-0.3, -0.25) is 4.79 Å². The molecule has 0 radical (unpaired) electrons. The number of anilines is 1. The third-order valence-corrected chi connectivity index (χ3v) is 3.49. The molecular weight excluding hydrogens is 256 g/mol. The number of rotatable bonds is 6. The second-order valence-electron chi connectivity index (χ2n) is 4.97. The van der Waals surface area contributed by atoms with Crippen LogP contribution in [0.4, 0.5) is 5.69 Å². The van der Waals surface area contributed by atoms with Crippen LogP contribution < -0.4 is 15.4 Å². The molecule has 0 aromatic heterocycles. The minimum Gasteiger partial charge on any atom is -0.495 e. The molecule has 1 aromatic rings. The van der Waals surface area contributed by atoms with Crippen molar-refractivity contribution in [2.45, 2.75) is 31.9 Å². The van der Waals surface area contributed by atoms with Gasteiger partial charge in [-0.1, -0.05) is 12.1 Å². The summed E-state index contributed by atoms with van der Waals surface area (Å²) in [5, 5.41) is 6.04. The van der Waals surface area contributed by atoms with Crippen LogP contribution in [-0.2, 0) is 9.53 Å². The van der Waals surface area contributed by atoms with E-state index in [9.17, 15) is 4.79 Å². The van der Waals surface area contributed by atoms with Crippen molar-refractivity contribution in [2.24, 2.45) is 0 Å². The van der Waals surface area contributed by atoms with Crippen molar-refractivity contribution in [3.05, 3.63) is 24.3 Å². The van der Waals surface area contributed by atoms with Crippen LogP contribution in [0.25, 0.3) is 0 Å². The largest absolute Gasteiger partial charge is 0.495 e.